The molecule has 3 aromatic rings. The van der Waals surface area contributed by atoms with Gasteiger partial charge in [0, 0.05) is 18.4 Å². The number of carbonyl (C=O) groups excluding carboxylic acids is 1. The van der Waals surface area contributed by atoms with Crippen LogP contribution in [0.15, 0.2) is 48.5 Å². The Hall–Kier alpha value is -2.82. The topological polar surface area (TPSA) is 56.1 Å². The van der Waals surface area contributed by atoms with Crippen molar-refractivity contribution in [2.75, 3.05) is 13.2 Å². The Morgan fingerprint density at radius 2 is 1.83 bits per heavy atom. The van der Waals surface area contributed by atoms with E-state index in [1.54, 1.807) is 0 Å². The maximum absolute atomic E-state index is 12.1. The van der Waals surface area contributed by atoms with Gasteiger partial charge in [-0.2, -0.15) is 0 Å². The van der Waals surface area contributed by atoms with Crippen LogP contribution < -0.4 is 10.1 Å². The molecule has 0 aliphatic heterocycles. The number of nitrogens with one attached hydrogen (secondary N) is 1. The minimum absolute atomic E-state index is 0.0819. The number of nitrogens with zero attached hydrogens (tertiary/aromatic N) is 2. The molecule has 5 nitrogen and oxygen atoms in total. The second kappa shape index (κ2) is 9.79. The van der Waals surface area contributed by atoms with Crippen LogP contribution in [0.25, 0.3) is 11.0 Å². The van der Waals surface area contributed by atoms with Crippen molar-refractivity contribution in [3.8, 4) is 5.75 Å². The van der Waals surface area contributed by atoms with Crippen molar-refractivity contribution in [1.82, 2.24) is 14.9 Å². The number of imidazole rings is 1. The molecule has 0 saturated carbocycles. The van der Waals surface area contributed by atoms with Gasteiger partial charge in [-0.1, -0.05) is 52.0 Å². The van der Waals surface area contributed by atoms with Gasteiger partial charge in [0.25, 0.3) is 0 Å². The molecule has 1 amide bonds. The molecule has 1 heterocycles. The van der Waals surface area contributed by atoms with Gasteiger partial charge in [-0.3, -0.25) is 4.79 Å². The van der Waals surface area contributed by atoms with Gasteiger partial charge in [-0.05, 0) is 42.7 Å². The first-order chi connectivity index (χ1) is 14.4. The number of hydrogen-bond acceptors (Lipinski definition) is 3. The summed E-state index contributed by atoms with van der Waals surface area (Å²) >= 11 is 0. The molecule has 0 fully saturated rings. The molecule has 3 rings (SSSR count). The Morgan fingerprint density at radius 1 is 1.10 bits per heavy atom. The molecule has 5 heteroatoms. The number of para-hydroxylation sites is 2. The number of aryl methyl sites for hydroxylation is 2. The lowest BCUT2D eigenvalue weighted by Crippen LogP contribution is -2.35. The number of benzene rings is 2. The number of rotatable bonds is 9. The van der Waals surface area contributed by atoms with Crippen LogP contribution in [-0.4, -0.2) is 28.6 Å². The average molecular weight is 408 g/mol. The van der Waals surface area contributed by atoms with E-state index in [4.69, 9.17) is 9.72 Å². The van der Waals surface area contributed by atoms with Crippen molar-refractivity contribution in [3.05, 3.63) is 59.9 Å². The van der Waals surface area contributed by atoms with Crippen LogP contribution in [0.4, 0.5) is 0 Å². The monoisotopic (exact) mass is 407 g/mol. The van der Waals surface area contributed by atoms with Crippen molar-refractivity contribution in [1.29, 1.82) is 0 Å². The fraction of sp³-hybridized carbons (Fsp3) is 0.440. The zero-order chi connectivity index (χ0) is 21.6. The van der Waals surface area contributed by atoms with E-state index in [0.29, 0.717) is 13.2 Å². The van der Waals surface area contributed by atoms with E-state index >= 15 is 0 Å². The van der Waals surface area contributed by atoms with E-state index in [-0.39, 0.29) is 11.3 Å². The highest BCUT2D eigenvalue weighted by molar-refractivity contribution is 5.81. The summed E-state index contributed by atoms with van der Waals surface area (Å²) < 4.78 is 8.21. The van der Waals surface area contributed by atoms with Crippen molar-refractivity contribution in [3.63, 3.8) is 0 Å². The molecule has 1 N–H and O–H groups in total. The molecule has 0 unspecified atom stereocenters. The first-order valence-corrected chi connectivity index (χ1v) is 10.8. The molecular weight excluding hydrogens is 374 g/mol. The highest BCUT2D eigenvalue weighted by Gasteiger charge is 2.20. The van der Waals surface area contributed by atoms with Crippen LogP contribution in [0.2, 0.25) is 0 Å². The third-order valence-corrected chi connectivity index (χ3v) is 5.19. The molecule has 1 aromatic heterocycles. The lowest BCUT2D eigenvalue weighted by molar-refractivity contribution is -0.128. The van der Waals surface area contributed by atoms with E-state index in [0.717, 1.165) is 48.4 Å². The fourth-order valence-electron chi connectivity index (χ4n) is 3.36. The Bertz CT molecular complexity index is 968. The third kappa shape index (κ3) is 5.62. The minimum atomic E-state index is -0.361. The molecular formula is C25H33N3O2. The average Bonchev–Trinajstić information content (AvgIpc) is 3.08. The Balaban J connectivity index is 1.61. The quantitative estimate of drug-likeness (QED) is 0.520. The second-order valence-electron chi connectivity index (χ2n) is 8.62. The van der Waals surface area contributed by atoms with Gasteiger partial charge in [-0.25, -0.2) is 4.98 Å². The molecule has 2 aromatic carbocycles. The first-order valence-electron chi connectivity index (χ1n) is 10.8. The lowest BCUT2D eigenvalue weighted by atomic mass is 9.96. The molecule has 0 bridgehead atoms. The predicted octanol–water partition coefficient (Wildman–Crippen LogP) is 4.77. The third-order valence-electron chi connectivity index (χ3n) is 5.19. The van der Waals surface area contributed by atoms with Gasteiger partial charge >= 0.3 is 0 Å². The summed E-state index contributed by atoms with van der Waals surface area (Å²) in [5, 5.41) is 3.02. The standard InChI is InChI=1S/C25H33N3O2/c1-5-19-12-14-20(15-13-19)30-18-17-28-22-10-7-6-9-21(22)27-23(28)11-8-16-26-24(29)25(2,3)4/h6-7,9-10,12-15H,5,8,11,16-18H2,1-4H3,(H,26,29). The zero-order valence-corrected chi connectivity index (χ0v) is 18.6. The van der Waals surface area contributed by atoms with Crippen molar-refractivity contribution in [2.45, 2.75) is 53.5 Å². The first kappa shape index (κ1) is 21.9. The minimum Gasteiger partial charge on any atom is -0.492 e. The smallest absolute Gasteiger partial charge is 0.225 e. The number of ether oxygens (including phenoxy) is 1. The van der Waals surface area contributed by atoms with Crippen LogP contribution in [0.5, 0.6) is 5.75 Å². The Morgan fingerprint density at radius 3 is 2.53 bits per heavy atom. The van der Waals surface area contributed by atoms with Crippen molar-refractivity contribution < 1.29 is 9.53 Å². The van der Waals surface area contributed by atoms with Gasteiger partial charge in [0.05, 0.1) is 17.6 Å². The van der Waals surface area contributed by atoms with Gasteiger partial charge in [0.15, 0.2) is 0 Å². The number of aromatic nitrogens is 2. The number of hydrogen-bond donors (Lipinski definition) is 1. The second-order valence-corrected chi connectivity index (χ2v) is 8.62. The molecule has 0 aliphatic rings. The zero-order valence-electron chi connectivity index (χ0n) is 18.6. The Labute approximate surface area is 179 Å². The normalized spacial score (nSPS) is 11.6. The summed E-state index contributed by atoms with van der Waals surface area (Å²) in [4.78, 5) is 16.9. The van der Waals surface area contributed by atoms with E-state index in [9.17, 15) is 4.79 Å². The van der Waals surface area contributed by atoms with Gasteiger partial charge in [-0.15, -0.1) is 0 Å². The Kier molecular flexibility index (Phi) is 7.14. The SMILES string of the molecule is CCc1ccc(OCCn2c(CCCNC(=O)C(C)(C)C)nc3ccccc32)cc1. The summed E-state index contributed by atoms with van der Waals surface area (Å²) in [5.41, 5.74) is 3.07. The number of carbonyl (C=O) groups is 1. The van der Waals surface area contributed by atoms with Crippen LogP contribution in [0.1, 0.15) is 45.5 Å². The molecule has 0 spiro atoms. The lowest BCUT2D eigenvalue weighted by Gasteiger charge is -2.17. The molecule has 160 valence electrons. The summed E-state index contributed by atoms with van der Waals surface area (Å²) in [6, 6.07) is 16.5. The molecule has 0 atom stereocenters. The summed E-state index contributed by atoms with van der Waals surface area (Å²) in [6.45, 7) is 9.90. The van der Waals surface area contributed by atoms with Gasteiger partial charge in [0.1, 0.15) is 18.2 Å². The number of fused-ring (bicyclic) bond motifs is 1. The summed E-state index contributed by atoms with van der Waals surface area (Å²) in [6.07, 6.45) is 2.69. The highest BCUT2D eigenvalue weighted by atomic mass is 16.5. The highest BCUT2D eigenvalue weighted by Crippen LogP contribution is 2.18. The van der Waals surface area contributed by atoms with E-state index in [1.807, 2.05) is 51.1 Å². The maximum Gasteiger partial charge on any atom is 0.225 e. The fourth-order valence-corrected chi connectivity index (χ4v) is 3.36. The molecule has 0 aliphatic carbocycles. The maximum atomic E-state index is 12.1. The number of amides is 1. The van der Waals surface area contributed by atoms with Crippen molar-refractivity contribution >= 4 is 16.9 Å². The van der Waals surface area contributed by atoms with E-state index in [2.05, 4.69) is 35.0 Å². The summed E-state index contributed by atoms with van der Waals surface area (Å²) in [7, 11) is 0. The van der Waals surface area contributed by atoms with Crippen LogP contribution in [-0.2, 0) is 24.2 Å². The van der Waals surface area contributed by atoms with Crippen LogP contribution in [0, 0.1) is 5.41 Å². The van der Waals surface area contributed by atoms with Crippen molar-refractivity contribution in [2.24, 2.45) is 5.41 Å². The van der Waals surface area contributed by atoms with Crippen LogP contribution >= 0.6 is 0 Å². The molecule has 0 radical (unpaired) electrons. The predicted molar refractivity (Wildman–Crippen MR) is 122 cm³/mol. The van der Waals surface area contributed by atoms with E-state index in [1.165, 1.54) is 5.56 Å². The largest absolute Gasteiger partial charge is 0.492 e. The molecule has 30 heavy (non-hydrogen) atoms. The summed E-state index contributed by atoms with van der Waals surface area (Å²) in [5.74, 6) is 2.01. The van der Waals surface area contributed by atoms with Gasteiger partial charge in [0.2, 0.25) is 5.91 Å². The van der Waals surface area contributed by atoms with Crippen LogP contribution in [0.3, 0.4) is 0 Å². The van der Waals surface area contributed by atoms with Gasteiger partial charge < -0.3 is 14.6 Å². The van der Waals surface area contributed by atoms with E-state index < -0.39 is 0 Å². The molecule has 0 saturated heterocycles.